The van der Waals surface area contributed by atoms with Gasteiger partial charge < -0.3 is 4.90 Å². The SMILES string of the molecule is CN(C)c1nccc(F)n1. The first kappa shape index (κ1) is 6.92. The van der Waals surface area contributed by atoms with E-state index in [4.69, 9.17) is 0 Å². The van der Waals surface area contributed by atoms with Gasteiger partial charge in [0.15, 0.2) is 0 Å². The highest BCUT2D eigenvalue weighted by molar-refractivity contribution is 5.24. The van der Waals surface area contributed by atoms with Gasteiger partial charge in [0.25, 0.3) is 0 Å². The van der Waals surface area contributed by atoms with Crippen molar-refractivity contribution in [2.24, 2.45) is 0 Å². The molecule has 1 rings (SSSR count). The predicted molar refractivity (Wildman–Crippen MR) is 36.3 cm³/mol. The third-order valence-electron chi connectivity index (χ3n) is 1.01. The Morgan fingerprint density at radius 1 is 1.50 bits per heavy atom. The summed E-state index contributed by atoms with van der Waals surface area (Å²) >= 11 is 0. The number of anilines is 1. The molecule has 0 atom stereocenters. The molecule has 0 fully saturated rings. The molecule has 0 aliphatic carbocycles. The van der Waals surface area contributed by atoms with Gasteiger partial charge in [-0.1, -0.05) is 0 Å². The molecule has 54 valence electrons. The number of nitrogens with zero attached hydrogens (tertiary/aromatic N) is 3. The summed E-state index contributed by atoms with van der Waals surface area (Å²) in [5, 5.41) is 0. The van der Waals surface area contributed by atoms with Gasteiger partial charge in [-0.05, 0) is 0 Å². The van der Waals surface area contributed by atoms with E-state index >= 15 is 0 Å². The van der Waals surface area contributed by atoms with E-state index in [0.29, 0.717) is 5.95 Å². The molecule has 0 aliphatic heterocycles. The molecule has 1 heterocycles. The van der Waals surface area contributed by atoms with E-state index in [1.54, 1.807) is 19.0 Å². The second kappa shape index (κ2) is 2.60. The number of halogens is 1. The van der Waals surface area contributed by atoms with Crippen molar-refractivity contribution in [3.8, 4) is 0 Å². The number of rotatable bonds is 1. The minimum absolute atomic E-state index is 0.389. The fraction of sp³-hybridized carbons (Fsp3) is 0.333. The average molecular weight is 141 g/mol. The van der Waals surface area contributed by atoms with Crippen LogP contribution in [0, 0.1) is 5.95 Å². The topological polar surface area (TPSA) is 29.0 Å². The number of aromatic nitrogens is 2. The highest BCUT2D eigenvalue weighted by atomic mass is 19.1. The van der Waals surface area contributed by atoms with Crippen molar-refractivity contribution in [1.29, 1.82) is 0 Å². The maximum atomic E-state index is 12.3. The molecule has 0 N–H and O–H groups in total. The molecule has 0 saturated carbocycles. The standard InChI is InChI=1S/C6H8FN3/c1-10(2)6-8-4-3-5(7)9-6/h3-4H,1-2H3. The van der Waals surface area contributed by atoms with Crippen LogP contribution in [-0.2, 0) is 0 Å². The Kier molecular flexibility index (Phi) is 1.80. The molecule has 10 heavy (non-hydrogen) atoms. The van der Waals surface area contributed by atoms with Gasteiger partial charge in [-0.25, -0.2) is 4.98 Å². The Bertz CT molecular complexity index is 224. The van der Waals surface area contributed by atoms with Crippen molar-refractivity contribution in [3.05, 3.63) is 18.2 Å². The molecular formula is C6H8FN3. The third kappa shape index (κ3) is 1.40. The fourth-order valence-electron chi connectivity index (χ4n) is 0.543. The largest absolute Gasteiger partial charge is 0.347 e. The zero-order valence-electron chi connectivity index (χ0n) is 5.87. The first-order valence-corrected chi connectivity index (χ1v) is 2.86. The zero-order valence-corrected chi connectivity index (χ0v) is 5.87. The Balaban J connectivity index is 2.96. The molecule has 1 aromatic rings. The summed E-state index contributed by atoms with van der Waals surface area (Å²) in [7, 11) is 3.52. The van der Waals surface area contributed by atoms with Gasteiger partial charge in [0, 0.05) is 26.4 Å². The molecule has 0 spiro atoms. The van der Waals surface area contributed by atoms with E-state index in [2.05, 4.69) is 9.97 Å². The van der Waals surface area contributed by atoms with Crippen molar-refractivity contribution in [3.63, 3.8) is 0 Å². The summed E-state index contributed by atoms with van der Waals surface area (Å²) in [6.07, 6.45) is 1.39. The van der Waals surface area contributed by atoms with Crippen LogP contribution in [0.5, 0.6) is 0 Å². The van der Waals surface area contributed by atoms with Crippen LogP contribution in [0.2, 0.25) is 0 Å². The Morgan fingerprint density at radius 3 is 2.60 bits per heavy atom. The second-order valence-electron chi connectivity index (χ2n) is 2.07. The normalized spacial score (nSPS) is 9.50. The van der Waals surface area contributed by atoms with Gasteiger partial charge in [0.05, 0.1) is 0 Å². The fourth-order valence-corrected chi connectivity index (χ4v) is 0.543. The van der Waals surface area contributed by atoms with Crippen LogP contribution >= 0.6 is 0 Å². The molecule has 0 unspecified atom stereocenters. The van der Waals surface area contributed by atoms with Gasteiger partial charge in [-0.15, -0.1) is 0 Å². The van der Waals surface area contributed by atoms with Crippen molar-refractivity contribution in [1.82, 2.24) is 9.97 Å². The summed E-state index contributed by atoms with van der Waals surface area (Å²) in [6.45, 7) is 0. The van der Waals surface area contributed by atoms with Gasteiger partial charge in [0.1, 0.15) is 0 Å². The zero-order chi connectivity index (χ0) is 7.56. The van der Waals surface area contributed by atoms with E-state index in [1.165, 1.54) is 12.3 Å². The Labute approximate surface area is 58.5 Å². The van der Waals surface area contributed by atoms with E-state index in [9.17, 15) is 4.39 Å². The van der Waals surface area contributed by atoms with E-state index < -0.39 is 5.95 Å². The lowest BCUT2D eigenvalue weighted by atomic mass is 10.6. The maximum Gasteiger partial charge on any atom is 0.227 e. The molecule has 0 aliphatic rings. The number of hydrogen-bond acceptors (Lipinski definition) is 3. The molecule has 0 bridgehead atoms. The first-order chi connectivity index (χ1) is 4.70. The smallest absolute Gasteiger partial charge is 0.227 e. The third-order valence-corrected chi connectivity index (χ3v) is 1.01. The van der Waals surface area contributed by atoms with Crippen molar-refractivity contribution in [2.45, 2.75) is 0 Å². The van der Waals surface area contributed by atoms with Crippen LogP contribution in [-0.4, -0.2) is 24.1 Å². The first-order valence-electron chi connectivity index (χ1n) is 2.86. The van der Waals surface area contributed by atoms with Crippen LogP contribution in [0.25, 0.3) is 0 Å². The van der Waals surface area contributed by atoms with Crippen molar-refractivity contribution >= 4 is 5.95 Å². The average Bonchev–Trinajstić information content (AvgIpc) is 1.88. The minimum atomic E-state index is -0.501. The monoisotopic (exact) mass is 141 g/mol. The molecule has 4 heteroatoms. The van der Waals surface area contributed by atoms with Crippen molar-refractivity contribution < 1.29 is 4.39 Å². The van der Waals surface area contributed by atoms with E-state index in [0.717, 1.165) is 0 Å². The lowest BCUT2D eigenvalue weighted by Gasteiger charge is -2.07. The lowest BCUT2D eigenvalue weighted by molar-refractivity contribution is 0.579. The quantitative estimate of drug-likeness (QED) is 0.538. The van der Waals surface area contributed by atoms with E-state index in [-0.39, 0.29) is 0 Å². The van der Waals surface area contributed by atoms with Gasteiger partial charge in [-0.2, -0.15) is 9.37 Å². The Morgan fingerprint density at radius 2 is 2.20 bits per heavy atom. The molecule has 0 amide bonds. The van der Waals surface area contributed by atoms with Crippen LogP contribution < -0.4 is 4.90 Å². The molecule has 0 radical (unpaired) electrons. The molecule has 3 nitrogen and oxygen atoms in total. The molecular weight excluding hydrogens is 133 g/mol. The summed E-state index contributed by atoms with van der Waals surface area (Å²) in [4.78, 5) is 8.98. The Hall–Kier alpha value is -1.19. The highest BCUT2D eigenvalue weighted by Crippen LogP contribution is 2.00. The van der Waals surface area contributed by atoms with Crippen LogP contribution in [0.15, 0.2) is 12.3 Å². The number of hydrogen-bond donors (Lipinski definition) is 0. The maximum absolute atomic E-state index is 12.3. The lowest BCUT2D eigenvalue weighted by Crippen LogP contribution is -2.12. The summed E-state index contributed by atoms with van der Waals surface area (Å²) in [6, 6.07) is 1.22. The van der Waals surface area contributed by atoms with Crippen LogP contribution in [0.1, 0.15) is 0 Å². The van der Waals surface area contributed by atoms with Crippen LogP contribution in [0.3, 0.4) is 0 Å². The molecule has 0 saturated heterocycles. The van der Waals surface area contributed by atoms with Gasteiger partial charge >= 0.3 is 0 Å². The van der Waals surface area contributed by atoms with Crippen molar-refractivity contribution in [2.75, 3.05) is 19.0 Å². The highest BCUT2D eigenvalue weighted by Gasteiger charge is 1.97. The minimum Gasteiger partial charge on any atom is -0.347 e. The van der Waals surface area contributed by atoms with E-state index in [1.807, 2.05) is 0 Å². The summed E-state index contributed by atoms with van der Waals surface area (Å²) in [5.74, 6) is -0.112. The summed E-state index contributed by atoms with van der Waals surface area (Å²) < 4.78 is 12.3. The van der Waals surface area contributed by atoms with Crippen LogP contribution in [0.4, 0.5) is 10.3 Å². The second-order valence-corrected chi connectivity index (χ2v) is 2.07. The molecule has 1 aromatic heterocycles. The van der Waals surface area contributed by atoms with Gasteiger partial charge in [-0.3, -0.25) is 0 Å². The summed E-state index contributed by atoms with van der Waals surface area (Å²) in [5.41, 5.74) is 0. The van der Waals surface area contributed by atoms with Gasteiger partial charge in [0.2, 0.25) is 11.9 Å². The predicted octanol–water partition coefficient (Wildman–Crippen LogP) is 0.682. The molecule has 0 aromatic carbocycles.